The topological polar surface area (TPSA) is 45.8 Å². The molecule has 1 aromatic rings. The molecule has 0 saturated carbocycles. The van der Waals surface area contributed by atoms with Crippen molar-refractivity contribution in [2.45, 2.75) is 30.9 Å². The maximum atomic E-state index is 11.0. The van der Waals surface area contributed by atoms with Crippen LogP contribution in [-0.2, 0) is 6.42 Å². The Kier molecular flexibility index (Phi) is 3.70. The lowest BCUT2D eigenvalue weighted by Crippen LogP contribution is -2.16. The van der Waals surface area contributed by atoms with E-state index in [0.717, 1.165) is 12.1 Å². The van der Waals surface area contributed by atoms with Crippen LogP contribution in [0.1, 0.15) is 25.0 Å². The van der Waals surface area contributed by atoms with Gasteiger partial charge in [-0.1, -0.05) is 18.0 Å². The summed E-state index contributed by atoms with van der Waals surface area (Å²) in [6.07, 6.45) is 4.76. The van der Waals surface area contributed by atoms with Crippen LogP contribution in [0.5, 0.6) is 0 Å². The molecule has 2 heterocycles. The summed E-state index contributed by atoms with van der Waals surface area (Å²) in [6.45, 7) is 0. The van der Waals surface area contributed by atoms with Crippen molar-refractivity contribution in [3.63, 3.8) is 0 Å². The molecule has 0 aromatic carbocycles. The quantitative estimate of drug-likeness (QED) is 0.868. The molecule has 0 aliphatic carbocycles. The first-order chi connectivity index (χ1) is 7.25. The van der Waals surface area contributed by atoms with Crippen molar-refractivity contribution in [3.05, 3.63) is 27.1 Å². The number of nitrogens with zero attached hydrogens (tertiary/aromatic N) is 1. The molecule has 1 aliphatic heterocycles. The number of hydrogen-bond donors (Lipinski definition) is 1. The molecule has 82 valence electrons. The molecule has 1 N–H and O–H groups in total. The third-order valence-electron chi connectivity index (χ3n) is 2.52. The molecule has 2 rings (SSSR count). The predicted molar refractivity (Wildman–Crippen MR) is 63.7 cm³/mol. The number of halogens is 1. The van der Waals surface area contributed by atoms with Gasteiger partial charge in [-0.3, -0.25) is 4.79 Å². The van der Waals surface area contributed by atoms with E-state index in [4.69, 9.17) is 11.6 Å². The number of hydrogen-bond acceptors (Lipinski definition) is 3. The third kappa shape index (κ3) is 2.98. The highest BCUT2D eigenvalue weighted by Gasteiger charge is 2.15. The van der Waals surface area contributed by atoms with Crippen molar-refractivity contribution in [2.75, 3.05) is 5.75 Å². The lowest BCUT2D eigenvalue weighted by atomic mass is 10.1. The van der Waals surface area contributed by atoms with Gasteiger partial charge in [0.1, 0.15) is 5.02 Å². The molecular weight excluding hydrogens is 232 g/mol. The molecule has 1 aliphatic rings. The Morgan fingerprint density at radius 2 is 2.47 bits per heavy atom. The first-order valence-corrected chi connectivity index (χ1v) is 6.54. The van der Waals surface area contributed by atoms with Gasteiger partial charge in [0.15, 0.2) is 0 Å². The van der Waals surface area contributed by atoms with E-state index in [9.17, 15) is 4.79 Å². The molecule has 0 radical (unpaired) electrons. The van der Waals surface area contributed by atoms with Gasteiger partial charge in [-0.05, 0) is 24.7 Å². The number of aromatic amines is 1. The minimum atomic E-state index is -0.309. The monoisotopic (exact) mass is 244 g/mol. The zero-order chi connectivity index (χ0) is 10.7. The molecule has 1 saturated heterocycles. The average molecular weight is 245 g/mol. The van der Waals surface area contributed by atoms with Crippen LogP contribution in [0.4, 0.5) is 0 Å². The second-order valence-electron chi connectivity index (χ2n) is 3.73. The van der Waals surface area contributed by atoms with E-state index in [1.165, 1.54) is 25.0 Å². The molecule has 1 unspecified atom stereocenters. The highest BCUT2D eigenvalue weighted by molar-refractivity contribution is 7.99. The Balaban J connectivity index is 2.03. The van der Waals surface area contributed by atoms with Crippen molar-refractivity contribution in [1.29, 1.82) is 0 Å². The minimum Gasteiger partial charge on any atom is -0.266 e. The van der Waals surface area contributed by atoms with Crippen LogP contribution in [0.25, 0.3) is 0 Å². The van der Waals surface area contributed by atoms with E-state index < -0.39 is 0 Å². The molecule has 15 heavy (non-hydrogen) atoms. The molecular formula is C10H13ClN2OS. The predicted octanol–water partition coefficient (Wildman–Crippen LogP) is 2.25. The van der Waals surface area contributed by atoms with Gasteiger partial charge >= 0.3 is 0 Å². The van der Waals surface area contributed by atoms with Gasteiger partial charge in [-0.2, -0.15) is 16.9 Å². The highest BCUT2D eigenvalue weighted by Crippen LogP contribution is 2.27. The van der Waals surface area contributed by atoms with Crippen LogP contribution in [0.3, 0.4) is 0 Å². The van der Waals surface area contributed by atoms with E-state index in [1.54, 1.807) is 6.07 Å². The molecule has 1 fully saturated rings. The summed E-state index contributed by atoms with van der Waals surface area (Å²) in [4.78, 5) is 11.0. The number of thioether (sulfide) groups is 1. The summed E-state index contributed by atoms with van der Waals surface area (Å²) < 4.78 is 0. The summed E-state index contributed by atoms with van der Waals surface area (Å²) in [6, 6.07) is 1.68. The van der Waals surface area contributed by atoms with Gasteiger partial charge in [0.25, 0.3) is 5.56 Å². The van der Waals surface area contributed by atoms with Crippen molar-refractivity contribution < 1.29 is 0 Å². The Bertz CT molecular complexity index is 387. The number of aromatic nitrogens is 2. The number of H-pyrrole nitrogens is 1. The van der Waals surface area contributed by atoms with Crippen LogP contribution in [0, 0.1) is 0 Å². The van der Waals surface area contributed by atoms with Gasteiger partial charge in [0.05, 0.1) is 5.69 Å². The van der Waals surface area contributed by atoms with Gasteiger partial charge in [0.2, 0.25) is 0 Å². The summed E-state index contributed by atoms with van der Waals surface area (Å²) in [5.74, 6) is 1.24. The third-order valence-corrected chi connectivity index (χ3v) is 4.20. The Hall–Kier alpha value is -0.480. The van der Waals surface area contributed by atoms with Crippen LogP contribution in [0.15, 0.2) is 10.9 Å². The molecule has 1 aromatic heterocycles. The van der Waals surface area contributed by atoms with Crippen molar-refractivity contribution in [1.82, 2.24) is 10.2 Å². The van der Waals surface area contributed by atoms with Crippen LogP contribution < -0.4 is 5.56 Å². The van der Waals surface area contributed by atoms with Gasteiger partial charge in [0, 0.05) is 11.7 Å². The Labute approximate surface area is 97.6 Å². The van der Waals surface area contributed by atoms with Crippen LogP contribution in [-0.4, -0.2) is 21.2 Å². The van der Waals surface area contributed by atoms with E-state index in [2.05, 4.69) is 10.2 Å². The van der Waals surface area contributed by atoms with Gasteiger partial charge in [-0.25, -0.2) is 5.10 Å². The summed E-state index contributed by atoms with van der Waals surface area (Å²) >= 11 is 7.73. The lowest BCUT2D eigenvalue weighted by molar-refractivity contribution is 0.650. The minimum absolute atomic E-state index is 0.237. The molecule has 0 spiro atoms. The number of rotatable bonds is 2. The second-order valence-corrected chi connectivity index (χ2v) is 5.54. The molecule has 1 atom stereocenters. The first kappa shape index (κ1) is 11.0. The van der Waals surface area contributed by atoms with Gasteiger partial charge < -0.3 is 0 Å². The number of nitrogens with one attached hydrogen (secondary N) is 1. The average Bonchev–Trinajstić information content (AvgIpc) is 2.25. The lowest BCUT2D eigenvalue weighted by Gasteiger charge is -2.20. The van der Waals surface area contributed by atoms with Crippen molar-refractivity contribution in [3.8, 4) is 0 Å². The zero-order valence-corrected chi connectivity index (χ0v) is 9.90. The van der Waals surface area contributed by atoms with E-state index >= 15 is 0 Å². The summed E-state index contributed by atoms with van der Waals surface area (Å²) in [5.41, 5.74) is 0.579. The SMILES string of the molecule is O=c1[nH]nc(CC2CCCCS2)cc1Cl. The maximum absolute atomic E-state index is 11.0. The zero-order valence-electron chi connectivity index (χ0n) is 8.33. The van der Waals surface area contributed by atoms with Crippen molar-refractivity contribution >= 4 is 23.4 Å². The molecule has 0 bridgehead atoms. The summed E-state index contributed by atoms with van der Waals surface area (Å²) in [5, 5.41) is 7.28. The van der Waals surface area contributed by atoms with Crippen LogP contribution in [0.2, 0.25) is 5.02 Å². The highest BCUT2D eigenvalue weighted by atomic mass is 35.5. The van der Waals surface area contributed by atoms with Crippen molar-refractivity contribution in [2.24, 2.45) is 0 Å². The van der Waals surface area contributed by atoms with Crippen LogP contribution >= 0.6 is 23.4 Å². The van der Waals surface area contributed by atoms with Gasteiger partial charge in [-0.15, -0.1) is 0 Å². The fourth-order valence-electron chi connectivity index (χ4n) is 1.73. The second kappa shape index (κ2) is 5.03. The van der Waals surface area contributed by atoms with E-state index in [-0.39, 0.29) is 10.6 Å². The van der Waals surface area contributed by atoms with E-state index in [1.807, 2.05) is 11.8 Å². The largest absolute Gasteiger partial charge is 0.282 e. The fourth-order valence-corrected chi connectivity index (χ4v) is 3.22. The normalized spacial score (nSPS) is 21.5. The molecule has 0 amide bonds. The molecule has 3 nitrogen and oxygen atoms in total. The smallest absolute Gasteiger partial charge is 0.266 e. The fraction of sp³-hybridized carbons (Fsp3) is 0.600. The first-order valence-electron chi connectivity index (χ1n) is 5.11. The Morgan fingerprint density at radius 3 is 3.13 bits per heavy atom. The van der Waals surface area contributed by atoms with E-state index in [0.29, 0.717) is 5.25 Å². The maximum Gasteiger partial charge on any atom is 0.282 e. The molecule has 5 heteroatoms. The Morgan fingerprint density at radius 1 is 1.60 bits per heavy atom. The summed E-state index contributed by atoms with van der Waals surface area (Å²) in [7, 11) is 0. The standard InChI is InChI=1S/C10H13ClN2OS/c11-9-6-7(12-13-10(9)14)5-8-3-1-2-4-15-8/h6,8H,1-5H2,(H,13,14).